The summed E-state index contributed by atoms with van der Waals surface area (Å²) in [6.07, 6.45) is -1.37. The minimum Gasteiger partial charge on any atom is -0.459 e. The van der Waals surface area contributed by atoms with Crippen molar-refractivity contribution in [2.24, 2.45) is 0 Å². The molecule has 2 unspecified atom stereocenters. The summed E-state index contributed by atoms with van der Waals surface area (Å²) in [6.45, 7) is 9.92. The maximum Gasteiger partial charge on any atom is 0.355 e. The third kappa shape index (κ3) is 5.46. The van der Waals surface area contributed by atoms with E-state index in [1.165, 1.54) is 19.1 Å². The van der Waals surface area contributed by atoms with Crippen LogP contribution in [0.15, 0.2) is 24.3 Å². The summed E-state index contributed by atoms with van der Waals surface area (Å²) >= 11 is 0. The smallest absolute Gasteiger partial charge is 0.355 e. The van der Waals surface area contributed by atoms with Crippen molar-refractivity contribution >= 4 is 17.8 Å². The van der Waals surface area contributed by atoms with E-state index in [1.54, 1.807) is 46.8 Å². The molecule has 0 aliphatic rings. The molecule has 162 valence electrons. The van der Waals surface area contributed by atoms with Crippen LogP contribution in [-0.4, -0.2) is 35.0 Å². The first kappa shape index (κ1) is 23.1. The molecule has 0 bridgehead atoms. The van der Waals surface area contributed by atoms with Gasteiger partial charge in [0.2, 0.25) is 0 Å². The standard InChI is InChI=1S/C22H27FN2O5/c1-11(2)29-21(27)18-12(3)19(24-14(18)5)22(28)30-15(6)20(26)25-13(4)16-7-9-17(23)10-8-16/h7-11,13,15,24H,1-6H3,(H,25,26). The number of nitrogens with one attached hydrogen (secondary N) is 2. The van der Waals surface area contributed by atoms with Crippen LogP contribution in [0.5, 0.6) is 0 Å². The Hall–Kier alpha value is -3.16. The normalized spacial score (nSPS) is 12.9. The fourth-order valence-corrected chi connectivity index (χ4v) is 2.97. The van der Waals surface area contributed by atoms with Crippen LogP contribution in [0.3, 0.4) is 0 Å². The lowest BCUT2D eigenvalue weighted by atomic mass is 10.1. The predicted octanol–water partition coefficient (Wildman–Crippen LogP) is 3.76. The van der Waals surface area contributed by atoms with Gasteiger partial charge in [-0.25, -0.2) is 14.0 Å². The molecule has 0 spiro atoms. The van der Waals surface area contributed by atoms with E-state index in [1.807, 2.05) is 0 Å². The second kappa shape index (κ2) is 9.56. The highest BCUT2D eigenvalue weighted by Crippen LogP contribution is 2.21. The van der Waals surface area contributed by atoms with Gasteiger partial charge in [0, 0.05) is 5.69 Å². The highest BCUT2D eigenvalue weighted by Gasteiger charge is 2.27. The molecule has 0 fully saturated rings. The second-order valence-corrected chi connectivity index (χ2v) is 7.41. The number of amides is 1. The van der Waals surface area contributed by atoms with Gasteiger partial charge in [-0.1, -0.05) is 12.1 Å². The highest BCUT2D eigenvalue weighted by molar-refractivity contribution is 5.99. The number of H-pyrrole nitrogens is 1. The van der Waals surface area contributed by atoms with E-state index in [-0.39, 0.29) is 23.2 Å². The Morgan fingerprint density at radius 3 is 2.13 bits per heavy atom. The molecule has 7 nitrogen and oxygen atoms in total. The second-order valence-electron chi connectivity index (χ2n) is 7.41. The summed E-state index contributed by atoms with van der Waals surface area (Å²) in [7, 11) is 0. The Balaban J connectivity index is 2.05. The molecule has 2 N–H and O–H groups in total. The number of halogens is 1. The predicted molar refractivity (Wildman–Crippen MR) is 109 cm³/mol. The van der Waals surface area contributed by atoms with Crippen LogP contribution in [0.4, 0.5) is 4.39 Å². The Morgan fingerprint density at radius 1 is 0.967 bits per heavy atom. The summed E-state index contributed by atoms with van der Waals surface area (Å²) in [5.41, 5.74) is 1.96. The molecule has 0 radical (unpaired) electrons. The number of aromatic nitrogens is 1. The lowest BCUT2D eigenvalue weighted by Gasteiger charge is -2.18. The zero-order valence-electron chi connectivity index (χ0n) is 18.0. The maximum atomic E-state index is 13.0. The van der Waals surface area contributed by atoms with Crippen molar-refractivity contribution in [3.05, 3.63) is 58.2 Å². The van der Waals surface area contributed by atoms with Crippen molar-refractivity contribution < 1.29 is 28.2 Å². The van der Waals surface area contributed by atoms with E-state index in [0.29, 0.717) is 16.8 Å². The largest absolute Gasteiger partial charge is 0.459 e. The molecule has 1 aromatic carbocycles. The number of benzene rings is 1. The third-order valence-electron chi connectivity index (χ3n) is 4.57. The van der Waals surface area contributed by atoms with Gasteiger partial charge in [-0.05, 0) is 64.8 Å². The first-order chi connectivity index (χ1) is 14.0. The van der Waals surface area contributed by atoms with E-state index < -0.39 is 30.0 Å². The molecular weight excluding hydrogens is 391 g/mol. The Morgan fingerprint density at radius 2 is 1.57 bits per heavy atom. The maximum absolute atomic E-state index is 13.0. The zero-order valence-corrected chi connectivity index (χ0v) is 18.0. The molecule has 0 aliphatic carbocycles. The molecule has 2 atom stereocenters. The van der Waals surface area contributed by atoms with Crippen molar-refractivity contribution in [3.8, 4) is 0 Å². The van der Waals surface area contributed by atoms with Gasteiger partial charge in [-0.15, -0.1) is 0 Å². The fourth-order valence-electron chi connectivity index (χ4n) is 2.97. The molecule has 2 rings (SSSR count). The van der Waals surface area contributed by atoms with Gasteiger partial charge in [-0.3, -0.25) is 4.79 Å². The van der Waals surface area contributed by atoms with Crippen LogP contribution in [0, 0.1) is 19.7 Å². The summed E-state index contributed by atoms with van der Waals surface area (Å²) < 4.78 is 23.5. The average molecular weight is 418 g/mol. The molecule has 1 amide bonds. The molecule has 30 heavy (non-hydrogen) atoms. The first-order valence-corrected chi connectivity index (χ1v) is 9.68. The van der Waals surface area contributed by atoms with Crippen molar-refractivity contribution in [1.82, 2.24) is 10.3 Å². The van der Waals surface area contributed by atoms with Gasteiger partial charge in [0.15, 0.2) is 6.10 Å². The van der Waals surface area contributed by atoms with Crippen molar-refractivity contribution in [1.29, 1.82) is 0 Å². The van der Waals surface area contributed by atoms with Crippen LogP contribution >= 0.6 is 0 Å². The summed E-state index contributed by atoms with van der Waals surface area (Å²) in [4.78, 5) is 40.1. The van der Waals surface area contributed by atoms with E-state index in [0.717, 1.165) is 0 Å². The molecule has 1 aromatic heterocycles. The fraction of sp³-hybridized carbons (Fsp3) is 0.409. The lowest BCUT2D eigenvalue weighted by molar-refractivity contribution is -0.129. The van der Waals surface area contributed by atoms with Crippen molar-refractivity contribution in [3.63, 3.8) is 0 Å². The number of carbonyl (C=O) groups excluding carboxylic acids is 3. The summed E-state index contributed by atoms with van der Waals surface area (Å²) in [6, 6.07) is 5.35. The monoisotopic (exact) mass is 418 g/mol. The average Bonchev–Trinajstić information content (AvgIpc) is 2.95. The van der Waals surface area contributed by atoms with Gasteiger partial charge in [-0.2, -0.15) is 0 Å². The number of carbonyl (C=O) groups is 3. The first-order valence-electron chi connectivity index (χ1n) is 9.68. The van der Waals surface area contributed by atoms with Crippen LogP contribution < -0.4 is 5.32 Å². The number of ether oxygens (including phenoxy) is 2. The van der Waals surface area contributed by atoms with E-state index >= 15 is 0 Å². The van der Waals surface area contributed by atoms with Crippen molar-refractivity contribution in [2.45, 2.75) is 59.8 Å². The number of esters is 2. The molecule has 8 heteroatoms. The van der Waals surface area contributed by atoms with E-state index in [4.69, 9.17) is 9.47 Å². The van der Waals surface area contributed by atoms with E-state index in [2.05, 4.69) is 10.3 Å². The van der Waals surface area contributed by atoms with Gasteiger partial charge in [0.05, 0.1) is 17.7 Å². The number of hydrogen-bond acceptors (Lipinski definition) is 5. The lowest BCUT2D eigenvalue weighted by Crippen LogP contribution is -2.37. The van der Waals surface area contributed by atoms with E-state index in [9.17, 15) is 18.8 Å². The topological polar surface area (TPSA) is 97.5 Å². The quantitative estimate of drug-likeness (QED) is 0.668. The van der Waals surface area contributed by atoms with Crippen molar-refractivity contribution in [2.75, 3.05) is 0 Å². The van der Waals surface area contributed by atoms with Crippen LogP contribution in [0.1, 0.15) is 71.4 Å². The molecule has 1 heterocycles. The number of aromatic amines is 1. The molecular formula is C22H27FN2O5. The highest BCUT2D eigenvalue weighted by atomic mass is 19.1. The van der Waals surface area contributed by atoms with Crippen LogP contribution in [0.2, 0.25) is 0 Å². The Kier molecular flexibility index (Phi) is 7.37. The van der Waals surface area contributed by atoms with Gasteiger partial charge in [0.1, 0.15) is 11.5 Å². The molecule has 0 saturated heterocycles. The third-order valence-corrected chi connectivity index (χ3v) is 4.57. The van der Waals surface area contributed by atoms with Gasteiger partial charge in [0.25, 0.3) is 5.91 Å². The SMILES string of the molecule is Cc1[nH]c(C(=O)OC(C)C(=O)NC(C)c2ccc(F)cc2)c(C)c1C(=O)OC(C)C. The Labute approximate surface area is 175 Å². The van der Waals surface area contributed by atoms with Crippen LogP contribution in [0.25, 0.3) is 0 Å². The molecule has 2 aromatic rings. The minimum atomic E-state index is -1.07. The molecule has 0 saturated carbocycles. The Bertz CT molecular complexity index is 934. The molecule has 0 aliphatic heterocycles. The zero-order chi connectivity index (χ0) is 22.6. The number of rotatable bonds is 7. The summed E-state index contributed by atoms with van der Waals surface area (Å²) in [5, 5.41) is 2.72. The van der Waals surface area contributed by atoms with Gasteiger partial charge < -0.3 is 19.8 Å². The minimum absolute atomic E-state index is 0.0921. The van der Waals surface area contributed by atoms with Crippen LogP contribution in [-0.2, 0) is 14.3 Å². The van der Waals surface area contributed by atoms with Gasteiger partial charge >= 0.3 is 11.9 Å². The number of hydrogen-bond donors (Lipinski definition) is 2. The number of aryl methyl sites for hydroxylation is 1. The summed E-state index contributed by atoms with van der Waals surface area (Å²) in [5.74, 6) is -2.15.